The maximum Gasteiger partial charge on any atom is 0.407 e. The number of nitrogens with one attached hydrogen (secondary N) is 1. The fraction of sp³-hybridized carbons (Fsp3) is 0.533. The van der Waals surface area contributed by atoms with Crippen LogP contribution in [0.2, 0.25) is 0 Å². The second kappa shape index (κ2) is 7.02. The number of ether oxygens (including phenoxy) is 2. The summed E-state index contributed by atoms with van der Waals surface area (Å²) in [6.45, 7) is 8.44. The topological polar surface area (TPSA) is 47.6 Å². The molecule has 1 amide bonds. The third-order valence-electron chi connectivity index (χ3n) is 2.35. The summed E-state index contributed by atoms with van der Waals surface area (Å²) in [7, 11) is 0. The first kappa shape index (κ1) is 15.3. The van der Waals surface area contributed by atoms with Crippen LogP contribution in [0.1, 0.15) is 33.3 Å². The summed E-state index contributed by atoms with van der Waals surface area (Å²) < 4.78 is 10.7. The van der Waals surface area contributed by atoms with Gasteiger partial charge >= 0.3 is 6.09 Å². The SMILES string of the molecule is CCc1cccc(OCCNC(=O)OC(C)(C)C)c1. The van der Waals surface area contributed by atoms with Gasteiger partial charge in [-0.2, -0.15) is 0 Å². The third kappa shape index (κ3) is 6.70. The molecule has 0 bridgehead atoms. The smallest absolute Gasteiger partial charge is 0.407 e. The van der Waals surface area contributed by atoms with Crippen molar-refractivity contribution in [1.82, 2.24) is 5.32 Å². The van der Waals surface area contributed by atoms with Crippen LogP contribution in [-0.4, -0.2) is 24.8 Å². The highest BCUT2D eigenvalue weighted by Crippen LogP contribution is 2.13. The minimum Gasteiger partial charge on any atom is -0.492 e. The van der Waals surface area contributed by atoms with Crippen molar-refractivity contribution in [2.75, 3.05) is 13.2 Å². The van der Waals surface area contributed by atoms with Gasteiger partial charge in [0.05, 0.1) is 6.54 Å². The van der Waals surface area contributed by atoms with Gasteiger partial charge in [-0.3, -0.25) is 0 Å². The van der Waals surface area contributed by atoms with Crippen LogP contribution in [0.4, 0.5) is 4.79 Å². The average Bonchev–Trinajstić information content (AvgIpc) is 2.33. The van der Waals surface area contributed by atoms with Gasteiger partial charge in [-0.25, -0.2) is 4.79 Å². The molecule has 0 saturated heterocycles. The Hall–Kier alpha value is -1.71. The molecule has 106 valence electrons. The van der Waals surface area contributed by atoms with E-state index in [1.54, 1.807) is 0 Å². The van der Waals surface area contributed by atoms with E-state index in [0.29, 0.717) is 13.2 Å². The molecule has 0 heterocycles. The van der Waals surface area contributed by atoms with Crippen molar-refractivity contribution in [3.8, 4) is 5.75 Å². The van der Waals surface area contributed by atoms with Gasteiger partial charge in [-0.1, -0.05) is 19.1 Å². The Morgan fingerprint density at radius 2 is 2.05 bits per heavy atom. The molecule has 0 radical (unpaired) electrons. The summed E-state index contributed by atoms with van der Waals surface area (Å²) in [5.74, 6) is 0.824. The third-order valence-corrected chi connectivity index (χ3v) is 2.35. The number of benzene rings is 1. The Kier molecular flexibility index (Phi) is 5.67. The molecule has 0 fully saturated rings. The summed E-state index contributed by atoms with van der Waals surface area (Å²) in [6.07, 6.45) is 0.561. The Morgan fingerprint density at radius 3 is 2.68 bits per heavy atom. The number of carbonyl (C=O) groups excluding carboxylic acids is 1. The summed E-state index contributed by atoms with van der Waals surface area (Å²) in [4.78, 5) is 11.4. The quantitative estimate of drug-likeness (QED) is 0.832. The van der Waals surface area contributed by atoms with E-state index in [4.69, 9.17) is 9.47 Å². The second-order valence-corrected chi connectivity index (χ2v) is 5.28. The van der Waals surface area contributed by atoms with Gasteiger partial charge in [0.2, 0.25) is 0 Å². The first-order valence-corrected chi connectivity index (χ1v) is 6.59. The van der Waals surface area contributed by atoms with Crippen molar-refractivity contribution in [3.05, 3.63) is 29.8 Å². The van der Waals surface area contributed by atoms with Crippen molar-refractivity contribution < 1.29 is 14.3 Å². The number of carbonyl (C=O) groups is 1. The molecule has 1 N–H and O–H groups in total. The number of alkyl carbamates (subject to hydrolysis) is 1. The molecule has 0 aliphatic heterocycles. The molecular formula is C15H23NO3. The van der Waals surface area contributed by atoms with Crippen LogP contribution < -0.4 is 10.1 Å². The normalized spacial score (nSPS) is 10.9. The van der Waals surface area contributed by atoms with E-state index in [1.807, 2.05) is 39.0 Å². The van der Waals surface area contributed by atoms with Crippen LogP contribution in [0.5, 0.6) is 5.75 Å². The predicted octanol–water partition coefficient (Wildman–Crippen LogP) is 3.15. The molecule has 1 aromatic carbocycles. The van der Waals surface area contributed by atoms with Gasteiger partial charge in [-0.15, -0.1) is 0 Å². The lowest BCUT2D eigenvalue weighted by Gasteiger charge is -2.19. The first-order valence-electron chi connectivity index (χ1n) is 6.59. The fourth-order valence-electron chi connectivity index (χ4n) is 1.49. The van der Waals surface area contributed by atoms with E-state index in [0.717, 1.165) is 12.2 Å². The average molecular weight is 265 g/mol. The van der Waals surface area contributed by atoms with Crippen molar-refractivity contribution in [2.45, 2.75) is 39.7 Å². The number of rotatable bonds is 5. The largest absolute Gasteiger partial charge is 0.492 e. The summed E-state index contributed by atoms with van der Waals surface area (Å²) >= 11 is 0. The van der Waals surface area contributed by atoms with Crippen LogP contribution in [0.3, 0.4) is 0 Å². The van der Waals surface area contributed by atoms with Gasteiger partial charge in [0.15, 0.2) is 0 Å². The zero-order valence-electron chi connectivity index (χ0n) is 12.2. The highest BCUT2D eigenvalue weighted by molar-refractivity contribution is 5.67. The molecule has 1 rings (SSSR count). The maximum absolute atomic E-state index is 11.4. The lowest BCUT2D eigenvalue weighted by Crippen LogP contribution is -2.34. The number of hydrogen-bond acceptors (Lipinski definition) is 3. The summed E-state index contributed by atoms with van der Waals surface area (Å²) in [5, 5.41) is 2.65. The fourth-order valence-corrected chi connectivity index (χ4v) is 1.49. The molecule has 0 aliphatic rings. The Labute approximate surface area is 115 Å². The second-order valence-electron chi connectivity index (χ2n) is 5.28. The predicted molar refractivity (Wildman–Crippen MR) is 75.6 cm³/mol. The molecule has 0 aliphatic carbocycles. The zero-order valence-corrected chi connectivity index (χ0v) is 12.2. The molecule has 1 aromatic rings. The van der Waals surface area contributed by atoms with Crippen LogP contribution >= 0.6 is 0 Å². The van der Waals surface area contributed by atoms with E-state index >= 15 is 0 Å². The summed E-state index contributed by atoms with van der Waals surface area (Å²) in [5.41, 5.74) is 0.762. The lowest BCUT2D eigenvalue weighted by molar-refractivity contribution is 0.0520. The number of amides is 1. The van der Waals surface area contributed by atoms with Crippen molar-refractivity contribution >= 4 is 6.09 Å². The van der Waals surface area contributed by atoms with Crippen LogP contribution in [0.25, 0.3) is 0 Å². The minimum absolute atomic E-state index is 0.418. The molecule has 4 nitrogen and oxygen atoms in total. The Morgan fingerprint density at radius 1 is 1.32 bits per heavy atom. The van der Waals surface area contributed by atoms with E-state index in [9.17, 15) is 4.79 Å². The maximum atomic E-state index is 11.4. The standard InChI is InChI=1S/C15H23NO3/c1-5-12-7-6-8-13(11-12)18-10-9-16-14(17)19-15(2,3)4/h6-8,11H,5,9-10H2,1-4H3,(H,16,17). The van der Waals surface area contributed by atoms with Crippen molar-refractivity contribution in [3.63, 3.8) is 0 Å². The number of hydrogen-bond donors (Lipinski definition) is 1. The van der Waals surface area contributed by atoms with Gasteiger partial charge in [0.1, 0.15) is 18.0 Å². The molecule has 0 aromatic heterocycles. The Balaban J connectivity index is 2.25. The minimum atomic E-state index is -0.472. The monoisotopic (exact) mass is 265 g/mol. The van der Waals surface area contributed by atoms with Gasteiger partial charge in [0, 0.05) is 0 Å². The molecular weight excluding hydrogens is 242 g/mol. The van der Waals surface area contributed by atoms with E-state index in [2.05, 4.69) is 18.3 Å². The lowest BCUT2D eigenvalue weighted by atomic mass is 10.2. The van der Waals surface area contributed by atoms with E-state index < -0.39 is 11.7 Å². The van der Waals surface area contributed by atoms with Crippen LogP contribution in [-0.2, 0) is 11.2 Å². The molecule has 0 unspecified atom stereocenters. The highest BCUT2D eigenvalue weighted by atomic mass is 16.6. The van der Waals surface area contributed by atoms with Gasteiger partial charge < -0.3 is 14.8 Å². The molecule has 4 heteroatoms. The summed E-state index contributed by atoms with van der Waals surface area (Å²) in [6, 6.07) is 7.95. The highest BCUT2D eigenvalue weighted by Gasteiger charge is 2.15. The zero-order chi connectivity index (χ0) is 14.3. The van der Waals surface area contributed by atoms with E-state index in [-0.39, 0.29) is 0 Å². The van der Waals surface area contributed by atoms with Gasteiger partial charge in [0.25, 0.3) is 0 Å². The molecule has 0 spiro atoms. The molecule has 0 atom stereocenters. The van der Waals surface area contributed by atoms with Gasteiger partial charge in [-0.05, 0) is 44.9 Å². The molecule has 0 saturated carbocycles. The Bertz CT molecular complexity index is 410. The van der Waals surface area contributed by atoms with Crippen molar-refractivity contribution in [2.24, 2.45) is 0 Å². The number of aryl methyl sites for hydroxylation is 1. The first-order chi connectivity index (χ1) is 8.90. The van der Waals surface area contributed by atoms with Crippen LogP contribution in [0, 0.1) is 0 Å². The van der Waals surface area contributed by atoms with Crippen LogP contribution in [0.15, 0.2) is 24.3 Å². The van der Waals surface area contributed by atoms with Crippen molar-refractivity contribution in [1.29, 1.82) is 0 Å². The molecule has 19 heavy (non-hydrogen) atoms. The van der Waals surface area contributed by atoms with E-state index in [1.165, 1.54) is 5.56 Å².